The van der Waals surface area contributed by atoms with Crippen molar-refractivity contribution in [3.05, 3.63) is 89.5 Å². The van der Waals surface area contributed by atoms with Crippen LogP contribution in [0.5, 0.6) is 5.75 Å². The Balaban J connectivity index is 1.87. The van der Waals surface area contributed by atoms with E-state index >= 15 is 0 Å². The number of aromatic nitrogens is 1. The van der Waals surface area contributed by atoms with Gasteiger partial charge in [0.15, 0.2) is 5.84 Å². The molecule has 5 nitrogen and oxygen atoms in total. The Morgan fingerprint density at radius 1 is 1.00 bits per heavy atom. The smallest absolute Gasteiger partial charge is 0.154 e. The number of aliphatic imine (C=N–C) groups is 1. The van der Waals surface area contributed by atoms with E-state index < -0.39 is 0 Å². The van der Waals surface area contributed by atoms with Crippen LogP contribution in [0.15, 0.2) is 77.1 Å². The van der Waals surface area contributed by atoms with Crippen molar-refractivity contribution in [3.8, 4) is 5.75 Å². The summed E-state index contributed by atoms with van der Waals surface area (Å²) in [5.41, 5.74) is 6.85. The lowest BCUT2D eigenvalue weighted by Crippen LogP contribution is -2.19. The van der Waals surface area contributed by atoms with Crippen LogP contribution < -0.4 is 10.2 Å². The van der Waals surface area contributed by atoms with E-state index in [0.29, 0.717) is 17.3 Å². The van der Waals surface area contributed by atoms with E-state index in [1.165, 1.54) is 12.1 Å². The lowest BCUT2D eigenvalue weighted by Gasteiger charge is -2.09. The van der Waals surface area contributed by atoms with Crippen molar-refractivity contribution in [2.75, 3.05) is 7.11 Å². The Morgan fingerprint density at radius 3 is 2.58 bits per heavy atom. The molecule has 26 heavy (non-hydrogen) atoms. The van der Waals surface area contributed by atoms with E-state index in [1.807, 2.05) is 30.3 Å². The number of halogens is 1. The number of rotatable bonds is 3. The summed E-state index contributed by atoms with van der Waals surface area (Å²) < 4.78 is 18.6. The van der Waals surface area contributed by atoms with Gasteiger partial charge < -0.3 is 4.74 Å². The van der Waals surface area contributed by atoms with Gasteiger partial charge in [-0.2, -0.15) is 5.10 Å². The van der Waals surface area contributed by atoms with Crippen LogP contribution in [0.1, 0.15) is 16.7 Å². The second-order valence-electron chi connectivity index (χ2n) is 5.66. The van der Waals surface area contributed by atoms with Crippen molar-refractivity contribution in [1.82, 2.24) is 10.4 Å². The number of fused-ring (bicyclic) bond motifs is 1. The van der Waals surface area contributed by atoms with E-state index in [4.69, 9.17) is 4.74 Å². The monoisotopic (exact) mass is 346 g/mol. The molecule has 4 rings (SSSR count). The van der Waals surface area contributed by atoms with Gasteiger partial charge in [-0.25, -0.2) is 9.38 Å². The molecule has 0 atom stereocenters. The molecule has 0 saturated heterocycles. The van der Waals surface area contributed by atoms with Crippen molar-refractivity contribution < 1.29 is 9.13 Å². The van der Waals surface area contributed by atoms with Crippen molar-refractivity contribution in [2.24, 2.45) is 10.1 Å². The second-order valence-corrected chi connectivity index (χ2v) is 5.66. The second kappa shape index (κ2) is 6.76. The van der Waals surface area contributed by atoms with Gasteiger partial charge in [0, 0.05) is 29.1 Å². The van der Waals surface area contributed by atoms with E-state index in [-0.39, 0.29) is 5.82 Å². The minimum absolute atomic E-state index is 0.298. The molecular weight excluding hydrogens is 331 g/mol. The maximum absolute atomic E-state index is 13.2. The van der Waals surface area contributed by atoms with Gasteiger partial charge in [-0.1, -0.05) is 0 Å². The molecule has 0 saturated carbocycles. The van der Waals surface area contributed by atoms with E-state index in [9.17, 15) is 4.39 Å². The number of methoxy groups -OCH3 is 1. The first-order valence-corrected chi connectivity index (χ1v) is 8.02. The van der Waals surface area contributed by atoms with Gasteiger partial charge in [-0.3, -0.25) is 10.4 Å². The summed E-state index contributed by atoms with van der Waals surface area (Å²) in [6.07, 6.45) is 3.45. The molecule has 1 N–H and O–H groups in total. The predicted molar refractivity (Wildman–Crippen MR) is 98.6 cm³/mol. The highest BCUT2D eigenvalue weighted by molar-refractivity contribution is 6.18. The number of nitrogens with one attached hydrogen (secondary N) is 1. The number of pyridine rings is 1. The SMILES string of the molecule is COc1ccc2c(c1)C(c1cccnc1)=NNC(c1ccc(F)cc1)=N2. The summed E-state index contributed by atoms with van der Waals surface area (Å²) in [4.78, 5) is 8.86. The third-order valence-corrected chi connectivity index (χ3v) is 4.02. The first kappa shape index (κ1) is 16.0. The number of nitrogens with zero attached hydrogens (tertiary/aromatic N) is 3. The number of hydrazone groups is 1. The summed E-state index contributed by atoms with van der Waals surface area (Å²) in [6, 6.07) is 15.5. The summed E-state index contributed by atoms with van der Waals surface area (Å²) in [7, 11) is 1.62. The number of amidine groups is 1. The maximum Gasteiger partial charge on any atom is 0.154 e. The highest BCUT2D eigenvalue weighted by Crippen LogP contribution is 2.29. The Kier molecular flexibility index (Phi) is 4.15. The van der Waals surface area contributed by atoms with Crippen LogP contribution >= 0.6 is 0 Å². The van der Waals surface area contributed by atoms with Gasteiger partial charge in [0.1, 0.15) is 17.3 Å². The zero-order valence-corrected chi connectivity index (χ0v) is 14.0. The number of hydrogen-bond acceptors (Lipinski definition) is 5. The molecule has 0 bridgehead atoms. The maximum atomic E-state index is 13.2. The average Bonchev–Trinajstić information content (AvgIpc) is 2.88. The molecule has 0 amide bonds. The predicted octanol–water partition coefficient (Wildman–Crippen LogP) is 3.66. The highest BCUT2D eigenvalue weighted by Gasteiger charge is 2.18. The van der Waals surface area contributed by atoms with Crippen molar-refractivity contribution in [2.45, 2.75) is 0 Å². The molecule has 0 spiro atoms. The summed E-state index contributed by atoms with van der Waals surface area (Å²) in [5, 5.41) is 4.54. The van der Waals surface area contributed by atoms with E-state index in [1.54, 1.807) is 31.6 Å². The molecule has 6 heteroatoms. The topological polar surface area (TPSA) is 58.9 Å². The largest absolute Gasteiger partial charge is 0.497 e. The average molecular weight is 346 g/mol. The molecule has 0 radical (unpaired) electrons. The zero-order chi connectivity index (χ0) is 17.9. The molecule has 3 aromatic rings. The summed E-state index contributed by atoms with van der Waals surface area (Å²) >= 11 is 0. The fourth-order valence-electron chi connectivity index (χ4n) is 2.70. The van der Waals surface area contributed by atoms with Gasteiger partial charge in [0.25, 0.3) is 0 Å². The van der Waals surface area contributed by atoms with Crippen molar-refractivity contribution >= 4 is 17.2 Å². The normalized spacial score (nSPS) is 13.0. The molecule has 1 aliphatic rings. The van der Waals surface area contributed by atoms with Crippen molar-refractivity contribution in [3.63, 3.8) is 0 Å². The van der Waals surface area contributed by atoms with Crippen LogP contribution in [0.4, 0.5) is 10.1 Å². The molecule has 2 aromatic carbocycles. The third-order valence-electron chi connectivity index (χ3n) is 4.02. The van der Waals surface area contributed by atoms with E-state index in [0.717, 1.165) is 22.4 Å². The summed E-state index contributed by atoms with van der Waals surface area (Å²) in [5.74, 6) is 0.948. The molecule has 0 fully saturated rings. The van der Waals surface area contributed by atoms with E-state index in [2.05, 4.69) is 20.5 Å². The first-order valence-electron chi connectivity index (χ1n) is 8.02. The van der Waals surface area contributed by atoms with Crippen LogP contribution in [0.25, 0.3) is 0 Å². The summed E-state index contributed by atoms with van der Waals surface area (Å²) in [6.45, 7) is 0. The minimum atomic E-state index is -0.298. The lowest BCUT2D eigenvalue weighted by molar-refractivity contribution is 0.415. The Hall–Kier alpha value is -3.54. The molecule has 1 aromatic heterocycles. The fourth-order valence-corrected chi connectivity index (χ4v) is 2.70. The fraction of sp³-hybridized carbons (Fsp3) is 0.0500. The molecule has 128 valence electrons. The van der Waals surface area contributed by atoms with Gasteiger partial charge in [0.2, 0.25) is 0 Å². The Morgan fingerprint density at radius 2 is 1.85 bits per heavy atom. The van der Waals surface area contributed by atoms with Gasteiger partial charge in [0.05, 0.1) is 12.8 Å². The molecule has 2 heterocycles. The number of benzene rings is 2. The lowest BCUT2D eigenvalue weighted by atomic mass is 10.0. The zero-order valence-electron chi connectivity index (χ0n) is 14.0. The number of hydrogen-bond donors (Lipinski definition) is 1. The minimum Gasteiger partial charge on any atom is -0.497 e. The van der Waals surface area contributed by atoms with Crippen LogP contribution in [-0.4, -0.2) is 23.6 Å². The molecule has 0 unspecified atom stereocenters. The Labute approximate surface area is 149 Å². The molecule has 0 aliphatic carbocycles. The molecule has 1 aliphatic heterocycles. The molecular formula is C20H15FN4O. The van der Waals surface area contributed by atoms with Gasteiger partial charge in [-0.05, 0) is 54.6 Å². The van der Waals surface area contributed by atoms with Crippen LogP contribution in [0.3, 0.4) is 0 Å². The van der Waals surface area contributed by atoms with Crippen LogP contribution in [-0.2, 0) is 0 Å². The number of ether oxygens (including phenoxy) is 1. The Bertz CT molecular complexity index is 998. The standard InChI is InChI=1S/C20H15FN4O/c1-26-16-8-9-18-17(11-16)19(14-3-2-10-22-12-14)24-25-20(23-18)13-4-6-15(21)7-5-13/h2-12H,1H3,(H,23,25). The van der Waals surface area contributed by atoms with Crippen LogP contribution in [0, 0.1) is 5.82 Å². The third kappa shape index (κ3) is 3.04. The first-order chi connectivity index (χ1) is 12.7. The van der Waals surface area contributed by atoms with Crippen molar-refractivity contribution in [1.29, 1.82) is 0 Å². The van der Waals surface area contributed by atoms with Gasteiger partial charge >= 0.3 is 0 Å². The van der Waals surface area contributed by atoms with Gasteiger partial charge in [-0.15, -0.1) is 0 Å². The van der Waals surface area contributed by atoms with Crippen LogP contribution in [0.2, 0.25) is 0 Å². The highest BCUT2D eigenvalue weighted by atomic mass is 19.1. The quantitative estimate of drug-likeness (QED) is 0.787.